The van der Waals surface area contributed by atoms with Crippen molar-refractivity contribution < 1.29 is 4.79 Å². The lowest BCUT2D eigenvalue weighted by Crippen LogP contribution is -2.50. The minimum atomic E-state index is 0.415. The first-order valence-electron chi connectivity index (χ1n) is 10.5. The van der Waals surface area contributed by atoms with E-state index in [-0.39, 0.29) is 0 Å². The van der Waals surface area contributed by atoms with Crippen LogP contribution in [0.3, 0.4) is 0 Å². The average Bonchev–Trinajstić information content (AvgIpc) is 3.10. The summed E-state index contributed by atoms with van der Waals surface area (Å²) in [5, 5.41) is 5.63. The molecule has 1 fully saturated rings. The summed E-state index contributed by atoms with van der Waals surface area (Å²) >= 11 is 0. The van der Waals surface area contributed by atoms with Gasteiger partial charge in [0.05, 0.1) is 0 Å². The maximum atomic E-state index is 8.81. The van der Waals surface area contributed by atoms with Crippen LogP contribution in [0.4, 0.5) is 0 Å². The molecular weight excluding hydrogens is 338 g/mol. The van der Waals surface area contributed by atoms with Crippen LogP contribution in [-0.2, 0) is 4.79 Å². The third-order valence-corrected chi connectivity index (χ3v) is 4.75. The molecule has 27 heavy (non-hydrogen) atoms. The van der Waals surface area contributed by atoms with Gasteiger partial charge in [-0.15, -0.1) is 0 Å². The van der Waals surface area contributed by atoms with E-state index in [4.69, 9.17) is 9.79 Å². The highest BCUT2D eigenvalue weighted by Crippen LogP contribution is 2.28. The Labute approximate surface area is 165 Å². The predicted molar refractivity (Wildman–Crippen MR) is 114 cm³/mol. The molecule has 0 amide bonds. The molecule has 0 aliphatic carbocycles. The van der Waals surface area contributed by atoms with E-state index in [9.17, 15) is 0 Å². The van der Waals surface area contributed by atoms with Gasteiger partial charge in [0.15, 0.2) is 0 Å². The van der Waals surface area contributed by atoms with Gasteiger partial charge in [0, 0.05) is 37.0 Å². The summed E-state index contributed by atoms with van der Waals surface area (Å²) in [7, 11) is 2.07. The number of aldehydes is 1. The van der Waals surface area contributed by atoms with Crippen LogP contribution in [0, 0.1) is 0 Å². The van der Waals surface area contributed by atoms with Crippen LogP contribution in [-0.4, -0.2) is 54.1 Å². The highest BCUT2D eigenvalue weighted by molar-refractivity contribution is 5.94. The Kier molecular flexibility index (Phi) is 11.0. The van der Waals surface area contributed by atoms with Crippen molar-refractivity contribution in [1.82, 2.24) is 20.7 Å². The maximum absolute atomic E-state index is 8.81. The normalized spacial score (nSPS) is 23.7. The number of likely N-dealkylation sites (tertiary alicyclic amines) is 1. The van der Waals surface area contributed by atoms with E-state index in [0.29, 0.717) is 12.1 Å². The summed E-state index contributed by atoms with van der Waals surface area (Å²) in [4.78, 5) is 16.0. The van der Waals surface area contributed by atoms with Gasteiger partial charge in [0.25, 0.3) is 0 Å². The van der Waals surface area contributed by atoms with Crippen molar-refractivity contribution in [2.45, 2.75) is 78.8 Å². The lowest BCUT2D eigenvalue weighted by atomic mass is 10.1. The summed E-state index contributed by atoms with van der Waals surface area (Å²) in [5.74, 6) is 2.33. The molecule has 0 spiro atoms. The highest BCUT2D eigenvalue weighted by atomic mass is 16.1. The molecule has 6 heteroatoms. The lowest BCUT2D eigenvalue weighted by Gasteiger charge is -2.40. The monoisotopic (exact) mass is 377 g/mol. The zero-order valence-electron chi connectivity index (χ0n) is 18.1. The molecule has 3 rings (SSSR count). The Hall–Kier alpha value is -1.66. The fraction of sp³-hybridized carbons (Fsp3) is 0.714. The van der Waals surface area contributed by atoms with Crippen molar-refractivity contribution in [2.75, 3.05) is 20.1 Å². The Balaban J connectivity index is 0.000000665. The molecule has 0 aromatic heterocycles. The van der Waals surface area contributed by atoms with Crippen LogP contribution in [0.5, 0.6) is 0 Å². The molecule has 0 saturated carbocycles. The predicted octanol–water partition coefficient (Wildman–Crippen LogP) is 3.44. The van der Waals surface area contributed by atoms with Gasteiger partial charge < -0.3 is 15.0 Å². The summed E-state index contributed by atoms with van der Waals surface area (Å²) in [6.45, 7) is 12.0. The minimum absolute atomic E-state index is 0.415. The van der Waals surface area contributed by atoms with Gasteiger partial charge in [-0.2, -0.15) is 0 Å². The zero-order chi connectivity index (χ0) is 20.2. The van der Waals surface area contributed by atoms with Crippen molar-refractivity contribution in [2.24, 2.45) is 4.99 Å². The fourth-order valence-corrected chi connectivity index (χ4v) is 3.48. The number of aliphatic imine (C=N–C) groups is 1. The molecular formula is C21H39N5O. The summed E-state index contributed by atoms with van der Waals surface area (Å²) in [5.41, 5.74) is 4.73. The van der Waals surface area contributed by atoms with E-state index in [1.54, 1.807) is 0 Å². The number of carbonyl (C=O) groups is 1. The number of fused-ring (bicyclic) bond motifs is 1. The number of nitrogens with zero attached hydrogens (tertiary/aromatic N) is 3. The number of piperidine rings is 1. The largest absolute Gasteiger partial charge is 0.355 e. The van der Waals surface area contributed by atoms with Gasteiger partial charge in [-0.1, -0.05) is 33.6 Å². The number of hydrogen-bond acceptors (Lipinski definition) is 6. The third-order valence-electron chi connectivity index (χ3n) is 4.75. The van der Waals surface area contributed by atoms with Crippen LogP contribution in [0.1, 0.15) is 66.7 Å². The molecule has 1 saturated heterocycles. The first-order chi connectivity index (χ1) is 13.1. The second kappa shape index (κ2) is 12.7. The molecule has 2 atom stereocenters. The molecule has 0 aromatic carbocycles. The van der Waals surface area contributed by atoms with E-state index in [1.165, 1.54) is 44.8 Å². The molecule has 3 heterocycles. The van der Waals surface area contributed by atoms with Crippen molar-refractivity contribution >= 4 is 12.0 Å². The van der Waals surface area contributed by atoms with Gasteiger partial charge in [0.1, 0.15) is 17.9 Å². The SMILES string of the molecule is CC.CC=O.CCCCC1C=C2N=C(C)C=C(N3CCCC(NC)C3)N2N1. The maximum Gasteiger partial charge on any atom is 0.146 e. The molecule has 2 unspecified atom stereocenters. The number of carbonyl (C=O) groups excluding carboxylic acids is 1. The average molecular weight is 378 g/mol. The lowest BCUT2D eigenvalue weighted by molar-refractivity contribution is -0.106. The Morgan fingerprint density at radius 1 is 1.41 bits per heavy atom. The van der Waals surface area contributed by atoms with E-state index in [0.717, 1.165) is 30.9 Å². The first kappa shape index (κ1) is 23.4. The van der Waals surface area contributed by atoms with E-state index in [1.807, 2.05) is 13.8 Å². The van der Waals surface area contributed by atoms with Crippen LogP contribution in [0.2, 0.25) is 0 Å². The number of hydrogen-bond donors (Lipinski definition) is 2. The Morgan fingerprint density at radius 2 is 2.11 bits per heavy atom. The van der Waals surface area contributed by atoms with E-state index >= 15 is 0 Å². The summed E-state index contributed by atoms with van der Waals surface area (Å²) < 4.78 is 0. The second-order valence-electron chi connectivity index (χ2n) is 6.80. The third kappa shape index (κ3) is 6.78. The van der Waals surface area contributed by atoms with Gasteiger partial charge >= 0.3 is 0 Å². The molecule has 2 N–H and O–H groups in total. The van der Waals surface area contributed by atoms with Crippen LogP contribution in [0.25, 0.3) is 0 Å². The standard InChI is InChI=1S/C17H29N5.C2H4O.C2H6/c1-4-5-7-14-11-16-19-13(2)10-17(22(16)20-14)21-9-6-8-15(12-21)18-3;1-2-3;1-2/h10-11,14-15,18,20H,4-9,12H2,1-3H3;2H,1H3;1-2H3. The van der Waals surface area contributed by atoms with Crippen LogP contribution in [0.15, 0.2) is 28.8 Å². The number of nitrogens with one attached hydrogen (secondary N) is 2. The second-order valence-corrected chi connectivity index (χ2v) is 6.80. The van der Waals surface area contributed by atoms with Crippen molar-refractivity contribution in [3.8, 4) is 0 Å². The van der Waals surface area contributed by atoms with E-state index < -0.39 is 0 Å². The zero-order valence-corrected chi connectivity index (χ0v) is 18.1. The Bertz CT molecular complexity index is 541. The quantitative estimate of drug-likeness (QED) is 0.719. The Morgan fingerprint density at radius 3 is 2.74 bits per heavy atom. The van der Waals surface area contributed by atoms with Crippen LogP contribution >= 0.6 is 0 Å². The number of allylic oxidation sites excluding steroid dienone is 1. The topological polar surface area (TPSA) is 60.0 Å². The minimum Gasteiger partial charge on any atom is -0.355 e. The van der Waals surface area contributed by atoms with Crippen molar-refractivity contribution in [3.63, 3.8) is 0 Å². The molecule has 6 nitrogen and oxygen atoms in total. The number of rotatable bonds is 5. The fourth-order valence-electron chi connectivity index (χ4n) is 3.48. The molecule has 3 aliphatic rings. The molecule has 0 bridgehead atoms. The first-order valence-corrected chi connectivity index (χ1v) is 10.5. The molecule has 154 valence electrons. The smallest absolute Gasteiger partial charge is 0.146 e. The van der Waals surface area contributed by atoms with E-state index in [2.05, 4.69) is 53.7 Å². The van der Waals surface area contributed by atoms with Crippen molar-refractivity contribution in [1.29, 1.82) is 0 Å². The summed E-state index contributed by atoms with van der Waals surface area (Å²) in [6, 6.07) is 0.998. The highest BCUT2D eigenvalue weighted by Gasteiger charge is 2.32. The molecule has 0 radical (unpaired) electrons. The van der Waals surface area contributed by atoms with Gasteiger partial charge in [0.2, 0.25) is 0 Å². The van der Waals surface area contributed by atoms with Gasteiger partial charge in [-0.3, -0.25) is 0 Å². The van der Waals surface area contributed by atoms with Gasteiger partial charge in [-0.25, -0.2) is 15.4 Å². The van der Waals surface area contributed by atoms with Crippen molar-refractivity contribution in [3.05, 3.63) is 23.8 Å². The number of unbranched alkanes of at least 4 members (excludes halogenated alkanes) is 1. The molecule has 3 aliphatic heterocycles. The summed E-state index contributed by atoms with van der Waals surface area (Å²) in [6.07, 6.45) is 11.4. The number of hydrazine groups is 1. The number of likely N-dealkylation sites (N-methyl/N-ethyl adjacent to an activating group) is 1. The van der Waals surface area contributed by atoms with Gasteiger partial charge in [-0.05, 0) is 46.2 Å². The van der Waals surface area contributed by atoms with Crippen LogP contribution < -0.4 is 10.7 Å². The molecule has 0 aromatic rings.